The van der Waals surface area contributed by atoms with Crippen molar-refractivity contribution in [1.82, 2.24) is 14.9 Å². The van der Waals surface area contributed by atoms with E-state index in [1.807, 2.05) is 41.8 Å². The summed E-state index contributed by atoms with van der Waals surface area (Å²) in [6.45, 7) is 0.449. The lowest BCUT2D eigenvalue weighted by Crippen LogP contribution is -2.22. The summed E-state index contributed by atoms with van der Waals surface area (Å²) in [4.78, 5) is 13.8. The molecule has 0 saturated heterocycles. The normalized spacial score (nSPS) is 10.4. The van der Waals surface area contributed by atoms with Gasteiger partial charge in [0.15, 0.2) is 0 Å². The van der Waals surface area contributed by atoms with Crippen LogP contribution in [-0.4, -0.2) is 22.6 Å². The highest BCUT2D eigenvalue weighted by Crippen LogP contribution is 2.27. The van der Waals surface area contributed by atoms with Crippen LogP contribution in [0.5, 0.6) is 5.75 Å². The number of aromatic nitrogens is 2. The maximum absolute atomic E-state index is 12.3. The summed E-state index contributed by atoms with van der Waals surface area (Å²) >= 11 is 2.65. The lowest BCUT2D eigenvalue weighted by atomic mass is 10.2. The standard InChI is InChI=1S/C15H13N3O2S2/c1-20-11-6-4-10(5-7-11)9-16-15(19)14-13(17-18-22-14)12-3-2-8-21-12/h2-8H,9H2,1H3,(H,16,19). The van der Waals surface area contributed by atoms with Gasteiger partial charge in [-0.15, -0.1) is 16.4 Å². The number of amides is 1. The van der Waals surface area contributed by atoms with Gasteiger partial charge in [0.2, 0.25) is 0 Å². The largest absolute Gasteiger partial charge is 0.497 e. The zero-order chi connectivity index (χ0) is 15.4. The van der Waals surface area contributed by atoms with Gasteiger partial charge in [-0.3, -0.25) is 4.79 Å². The van der Waals surface area contributed by atoms with Crippen molar-refractivity contribution in [1.29, 1.82) is 0 Å². The molecule has 1 N–H and O–H groups in total. The Balaban J connectivity index is 1.69. The van der Waals surface area contributed by atoms with E-state index in [1.54, 1.807) is 18.4 Å². The van der Waals surface area contributed by atoms with Crippen LogP contribution < -0.4 is 10.1 Å². The molecule has 0 bridgehead atoms. The van der Waals surface area contributed by atoms with Gasteiger partial charge in [-0.05, 0) is 40.7 Å². The quantitative estimate of drug-likeness (QED) is 0.780. The molecule has 0 radical (unpaired) electrons. The molecule has 0 aliphatic heterocycles. The van der Waals surface area contributed by atoms with Crippen LogP contribution in [0.15, 0.2) is 41.8 Å². The van der Waals surface area contributed by atoms with E-state index in [1.165, 1.54) is 0 Å². The number of benzene rings is 1. The molecule has 2 aromatic heterocycles. The number of nitrogens with zero attached hydrogens (tertiary/aromatic N) is 2. The van der Waals surface area contributed by atoms with E-state index in [-0.39, 0.29) is 5.91 Å². The Bertz CT molecular complexity index is 751. The first-order valence-corrected chi connectivity index (χ1v) is 8.20. The highest BCUT2D eigenvalue weighted by Gasteiger charge is 2.18. The monoisotopic (exact) mass is 331 g/mol. The molecule has 0 aliphatic carbocycles. The van der Waals surface area contributed by atoms with Crippen molar-refractivity contribution in [3.05, 3.63) is 52.2 Å². The van der Waals surface area contributed by atoms with Crippen LogP contribution in [0.1, 0.15) is 15.2 Å². The second-order valence-electron chi connectivity index (χ2n) is 4.46. The highest BCUT2D eigenvalue weighted by atomic mass is 32.1. The van der Waals surface area contributed by atoms with Crippen molar-refractivity contribution >= 4 is 28.8 Å². The maximum Gasteiger partial charge on any atom is 0.265 e. The average molecular weight is 331 g/mol. The van der Waals surface area contributed by atoms with Crippen molar-refractivity contribution < 1.29 is 9.53 Å². The van der Waals surface area contributed by atoms with Crippen LogP contribution in [0.25, 0.3) is 10.6 Å². The molecule has 3 aromatic rings. The third-order valence-corrected chi connectivity index (χ3v) is 4.66. The second kappa shape index (κ2) is 6.67. The molecule has 0 fully saturated rings. The first kappa shape index (κ1) is 14.7. The Hall–Kier alpha value is -2.25. The molecule has 0 atom stereocenters. The van der Waals surface area contributed by atoms with Gasteiger partial charge in [0.05, 0.1) is 12.0 Å². The molecule has 112 valence electrons. The van der Waals surface area contributed by atoms with Crippen LogP contribution in [0.4, 0.5) is 0 Å². The van der Waals surface area contributed by atoms with E-state index in [2.05, 4.69) is 14.9 Å². The molecule has 22 heavy (non-hydrogen) atoms. The maximum atomic E-state index is 12.3. The van der Waals surface area contributed by atoms with Gasteiger partial charge in [-0.25, -0.2) is 0 Å². The molecular formula is C15H13N3O2S2. The number of rotatable bonds is 5. The van der Waals surface area contributed by atoms with Gasteiger partial charge < -0.3 is 10.1 Å². The number of ether oxygens (including phenoxy) is 1. The summed E-state index contributed by atoms with van der Waals surface area (Å²) in [5, 5.41) is 8.91. The molecule has 1 aromatic carbocycles. The number of nitrogens with one attached hydrogen (secondary N) is 1. The van der Waals surface area contributed by atoms with Gasteiger partial charge in [0.1, 0.15) is 16.3 Å². The Morgan fingerprint density at radius 2 is 2.09 bits per heavy atom. The fourth-order valence-electron chi connectivity index (χ4n) is 1.92. The number of carbonyl (C=O) groups excluding carboxylic acids is 1. The summed E-state index contributed by atoms with van der Waals surface area (Å²) in [6.07, 6.45) is 0. The second-order valence-corrected chi connectivity index (χ2v) is 6.16. The first-order valence-electron chi connectivity index (χ1n) is 6.55. The minimum Gasteiger partial charge on any atom is -0.497 e. The van der Waals surface area contributed by atoms with Crippen molar-refractivity contribution in [3.63, 3.8) is 0 Å². The van der Waals surface area contributed by atoms with Crippen molar-refractivity contribution in [2.24, 2.45) is 0 Å². The van der Waals surface area contributed by atoms with E-state index in [0.29, 0.717) is 17.1 Å². The highest BCUT2D eigenvalue weighted by molar-refractivity contribution is 7.14. The molecule has 0 saturated carbocycles. The van der Waals surface area contributed by atoms with Crippen molar-refractivity contribution in [2.45, 2.75) is 6.54 Å². The summed E-state index contributed by atoms with van der Waals surface area (Å²) in [5.74, 6) is 0.635. The topological polar surface area (TPSA) is 64.1 Å². The minimum atomic E-state index is -0.158. The molecule has 0 spiro atoms. The van der Waals surface area contributed by atoms with Crippen LogP contribution >= 0.6 is 22.9 Å². The average Bonchev–Trinajstić information content (AvgIpc) is 3.23. The fourth-order valence-corrected chi connectivity index (χ4v) is 3.30. The summed E-state index contributed by atoms with van der Waals surface area (Å²) in [5.41, 5.74) is 1.65. The number of hydrogen-bond acceptors (Lipinski definition) is 6. The summed E-state index contributed by atoms with van der Waals surface area (Å²) in [7, 11) is 1.62. The van der Waals surface area contributed by atoms with Gasteiger partial charge >= 0.3 is 0 Å². The van der Waals surface area contributed by atoms with Crippen molar-refractivity contribution in [2.75, 3.05) is 7.11 Å². The van der Waals surface area contributed by atoms with Gasteiger partial charge in [-0.2, -0.15) is 0 Å². The van der Waals surface area contributed by atoms with Gasteiger partial charge in [-0.1, -0.05) is 22.7 Å². The fraction of sp³-hybridized carbons (Fsp3) is 0.133. The molecule has 0 aliphatic rings. The molecule has 3 rings (SSSR count). The minimum absolute atomic E-state index is 0.158. The van der Waals surface area contributed by atoms with E-state index in [4.69, 9.17) is 4.74 Å². The lowest BCUT2D eigenvalue weighted by molar-refractivity contribution is 0.0955. The van der Waals surface area contributed by atoms with E-state index < -0.39 is 0 Å². The Morgan fingerprint density at radius 1 is 1.27 bits per heavy atom. The third-order valence-electron chi connectivity index (χ3n) is 3.06. The van der Waals surface area contributed by atoms with Crippen LogP contribution in [-0.2, 0) is 6.54 Å². The van der Waals surface area contributed by atoms with E-state index >= 15 is 0 Å². The molecular weight excluding hydrogens is 318 g/mol. The van der Waals surface area contributed by atoms with Crippen LogP contribution in [0.3, 0.4) is 0 Å². The van der Waals surface area contributed by atoms with E-state index in [0.717, 1.165) is 27.7 Å². The van der Waals surface area contributed by atoms with Gasteiger partial charge in [0.25, 0.3) is 5.91 Å². The predicted molar refractivity (Wildman–Crippen MR) is 87.4 cm³/mol. The molecule has 5 nitrogen and oxygen atoms in total. The molecule has 0 unspecified atom stereocenters. The van der Waals surface area contributed by atoms with Crippen LogP contribution in [0.2, 0.25) is 0 Å². The van der Waals surface area contributed by atoms with Crippen molar-refractivity contribution in [3.8, 4) is 16.3 Å². The lowest BCUT2D eigenvalue weighted by Gasteiger charge is -2.05. The number of methoxy groups -OCH3 is 1. The Morgan fingerprint density at radius 3 is 2.77 bits per heavy atom. The zero-order valence-corrected chi connectivity index (χ0v) is 13.4. The Kier molecular flexibility index (Phi) is 4.45. The van der Waals surface area contributed by atoms with Crippen LogP contribution in [0, 0.1) is 0 Å². The number of carbonyl (C=O) groups is 1. The molecule has 1 amide bonds. The summed E-state index contributed by atoms with van der Waals surface area (Å²) < 4.78 is 9.01. The first-order chi connectivity index (χ1) is 10.8. The predicted octanol–water partition coefficient (Wildman–Crippen LogP) is 3.21. The number of thiophene rings is 1. The smallest absolute Gasteiger partial charge is 0.265 e. The summed E-state index contributed by atoms with van der Waals surface area (Å²) in [6, 6.07) is 11.4. The SMILES string of the molecule is COc1ccc(CNC(=O)c2snnc2-c2cccs2)cc1. The molecule has 7 heteroatoms. The number of hydrogen-bond donors (Lipinski definition) is 1. The molecule has 2 heterocycles. The Labute approximate surface area is 135 Å². The van der Waals surface area contributed by atoms with E-state index in [9.17, 15) is 4.79 Å². The third kappa shape index (κ3) is 3.15. The zero-order valence-electron chi connectivity index (χ0n) is 11.8. The van der Waals surface area contributed by atoms with Gasteiger partial charge in [0, 0.05) is 6.54 Å².